The van der Waals surface area contributed by atoms with Gasteiger partial charge in [-0.05, 0) is 12.5 Å². The molecule has 0 bridgehead atoms. The Morgan fingerprint density at radius 3 is 2.38 bits per heavy atom. The van der Waals surface area contributed by atoms with Crippen molar-refractivity contribution in [2.75, 3.05) is 6.61 Å². The Balaban J connectivity index is 2.63. The number of ether oxygens (including phenoxy) is 1. The fraction of sp³-hybridized carbons (Fsp3) is 0.400. The molecule has 6 heteroatoms. The molecular formula is C15H17NO5. The second kappa shape index (κ2) is 8.15. The summed E-state index contributed by atoms with van der Waals surface area (Å²) in [5, 5.41) is 27.4. The van der Waals surface area contributed by atoms with Crippen molar-refractivity contribution in [2.45, 2.75) is 32.0 Å². The van der Waals surface area contributed by atoms with Gasteiger partial charge in [0, 0.05) is 12.0 Å². The van der Waals surface area contributed by atoms with Crippen LogP contribution in [-0.4, -0.2) is 34.7 Å². The zero-order chi connectivity index (χ0) is 15.8. The van der Waals surface area contributed by atoms with Gasteiger partial charge >= 0.3 is 5.97 Å². The van der Waals surface area contributed by atoms with Gasteiger partial charge in [-0.3, -0.25) is 9.59 Å². The van der Waals surface area contributed by atoms with E-state index in [1.807, 2.05) is 0 Å². The van der Waals surface area contributed by atoms with Crippen molar-refractivity contribution >= 4 is 11.8 Å². The molecule has 0 spiro atoms. The largest absolute Gasteiger partial charge is 0.466 e. The lowest BCUT2D eigenvalue weighted by Gasteiger charge is -2.12. The van der Waals surface area contributed by atoms with Crippen molar-refractivity contribution in [3.8, 4) is 6.07 Å². The van der Waals surface area contributed by atoms with E-state index in [9.17, 15) is 19.8 Å². The number of aliphatic hydroxyl groups is 2. The van der Waals surface area contributed by atoms with Gasteiger partial charge in [0.1, 0.15) is 6.10 Å². The Morgan fingerprint density at radius 1 is 1.24 bits per heavy atom. The van der Waals surface area contributed by atoms with Crippen LogP contribution >= 0.6 is 0 Å². The van der Waals surface area contributed by atoms with Crippen molar-refractivity contribution < 1.29 is 24.5 Å². The summed E-state index contributed by atoms with van der Waals surface area (Å²) >= 11 is 0. The Morgan fingerprint density at radius 2 is 1.86 bits per heavy atom. The number of aliphatic hydroxyl groups excluding tert-OH is 2. The monoisotopic (exact) mass is 291 g/mol. The Labute approximate surface area is 122 Å². The third-order valence-corrected chi connectivity index (χ3v) is 2.87. The van der Waals surface area contributed by atoms with Crippen molar-refractivity contribution in [3.05, 3.63) is 35.4 Å². The summed E-state index contributed by atoms with van der Waals surface area (Å²) in [7, 11) is 0. The molecule has 0 aliphatic rings. The Kier molecular flexibility index (Phi) is 6.53. The van der Waals surface area contributed by atoms with E-state index in [0.717, 1.165) is 0 Å². The number of carbonyl (C=O) groups excluding carboxylic acids is 2. The van der Waals surface area contributed by atoms with Crippen LogP contribution in [0.5, 0.6) is 0 Å². The predicted molar refractivity (Wildman–Crippen MR) is 73.2 cm³/mol. The number of ketones is 1. The minimum atomic E-state index is -1.52. The molecule has 0 amide bonds. The van der Waals surface area contributed by atoms with E-state index in [-0.39, 0.29) is 25.2 Å². The van der Waals surface area contributed by atoms with Crippen LogP contribution in [0.4, 0.5) is 0 Å². The minimum Gasteiger partial charge on any atom is -0.466 e. The molecule has 0 saturated heterocycles. The molecule has 6 nitrogen and oxygen atoms in total. The van der Waals surface area contributed by atoms with Crippen LogP contribution in [0, 0.1) is 11.3 Å². The quantitative estimate of drug-likeness (QED) is 0.443. The molecule has 0 aromatic heterocycles. The fourth-order valence-corrected chi connectivity index (χ4v) is 1.71. The second-order valence-corrected chi connectivity index (χ2v) is 4.37. The number of benzene rings is 1. The molecule has 1 aromatic rings. The third kappa shape index (κ3) is 4.99. The second-order valence-electron chi connectivity index (χ2n) is 4.37. The first kappa shape index (κ1) is 16.8. The highest BCUT2D eigenvalue weighted by atomic mass is 16.5. The first-order valence-corrected chi connectivity index (χ1v) is 6.54. The summed E-state index contributed by atoms with van der Waals surface area (Å²) in [6.45, 7) is 1.97. The normalized spacial score (nSPS) is 13.0. The van der Waals surface area contributed by atoms with Crippen LogP contribution in [0.15, 0.2) is 24.3 Å². The Hall–Kier alpha value is -2.23. The van der Waals surface area contributed by atoms with E-state index in [1.165, 1.54) is 30.3 Å². The summed E-state index contributed by atoms with van der Waals surface area (Å²) in [4.78, 5) is 23.0. The summed E-state index contributed by atoms with van der Waals surface area (Å²) < 4.78 is 4.73. The summed E-state index contributed by atoms with van der Waals surface area (Å²) in [5.74, 6) is -0.639. The van der Waals surface area contributed by atoms with Crippen molar-refractivity contribution in [1.82, 2.24) is 0 Å². The summed E-state index contributed by atoms with van der Waals surface area (Å²) in [5.41, 5.74) is 0.729. The number of nitriles is 1. The molecule has 2 unspecified atom stereocenters. The first-order valence-electron chi connectivity index (χ1n) is 6.54. The smallest absolute Gasteiger partial charge is 0.306 e. The fourth-order valence-electron chi connectivity index (χ4n) is 1.71. The van der Waals surface area contributed by atoms with E-state index in [1.54, 1.807) is 6.92 Å². The average Bonchev–Trinajstić information content (AvgIpc) is 2.51. The molecule has 2 atom stereocenters. The van der Waals surface area contributed by atoms with E-state index in [4.69, 9.17) is 10.00 Å². The maximum Gasteiger partial charge on any atom is 0.306 e. The summed E-state index contributed by atoms with van der Waals surface area (Å²) in [6.07, 6.45) is -2.78. The van der Waals surface area contributed by atoms with Gasteiger partial charge in [-0.1, -0.05) is 24.3 Å². The van der Waals surface area contributed by atoms with Gasteiger partial charge in [-0.15, -0.1) is 0 Å². The number of hydrogen-bond donors (Lipinski definition) is 2. The van der Waals surface area contributed by atoms with Gasteiger partial charge in [0.15, 0.2) is 11.9 Å². The highest BCUT2D eigenvalue weighted by Gasteiger charge is 2.18. The van der Waals surface area contributed by atoms with Gasteiger partial charge in [-0.25, -0.2) is 0 Å². The lowest BCUT2D eigenvalue weighted by Crippen LogP contribution is -2.15. The number of nitrogens with zero attached hydrogens (tertiary/aromatic N) is 1. The van der Waals surface area contributed by atoms with Gasteiger partial charge in [-0.2, -0.15) is 5.26 Å². The van der Waals surface area contributed by atoms with Gasteiger partial charge < -0.3 is 14.9 Å². The molecule has 21 heavy (non-hydrogen) atoms. The SMILES string of the molecule is CCOC(=O)CCC(=O)c1ccc(C(O)C(O)C#N)cc1. The van der Waals surface area contributed by atoms with Crippen LogP contribution in [-0.2, 0) is 9.53 Å². The molecule has 2 N–H and O–H groups in total. The standard InChI is InChI=1S/C15H17NO5/c1-2-21-14(19)8-7-12(17)10-3-5-11(6-4-10)15(20)13(18)9-16/h3-6,13,15,18,20H,2,7-8H2,1H3. The van der Waals surface area contributed by atoms with Crippen LogP contribution in [0.1, 0.15) is 41.8 Å². The number of esters is 1. The number of hydrogen-bond acceptors (Lipinski definition) is 6. The first-order chi connectivity index (χ1) is 9.99. The van der Waals surface area contributed by atoms with Crippen LogP contribution in [0.25, 0.3) is 0 Å². The maximum absolute atomic E-state index is 11.9. The topological polar surface area (TPSA) is 108 Å². The lowest BCUT2D eigenvalue weighted by atomic mass is 10.0. The molecule has 0 aliphatic carbocycles. The van der Waals surface area contributed by atoms with Gasteiger partial charge in [0.25, 0.3) is 0 Å². The van der Waals surface area contributed by atoms with Crippen molar-refractivity contribution in [2.24, 2.45) is 0 Å². The molecule has 0 aliphatic heterocycles. The average molecular weight is 291 g/mol. The number of rotatable bonds is 7. The molecular weight excluding hydrogens is 274 g/mol. The number of Topliss-reactive ketones (excluding diaryl/α,β-unsaturated/α-hetero) is 1. The molecule has 1 aromatic carbocycles. The van der Waals surface area contributed by atoms with Gasteiger partial charge in [0.2, 0.25) is 0 Å². The lowest BCUT2D eigenvalue weighted by molar-refractivity contribution is -0.143. The van der Waals surface area contributed by atoms with Crippen LogP contribution in [0.3, 0.4) is 0 Å². The van der Waals surface area contributed by atoms with Crippen molar-refractivity contribution in [1.29, 1.82) is 5.26 Å². The van der Waals surface area contributed by atoms with Gasteiger partial charge in [0.05, 0.1) is 19.1 Å². The molecule has 0 fully saturated rings. The highest BCUT2D eigenvalue weighted by molar-refractivity contribution is 5.97. The minimum absolute atomic E-state index is 0.0181. The molecule has 0 radical (unpaired) electrons. The van der Waals surface area contributed by atoms with E-state index in [2.05, 4.69) is 0 Å². The zero-order valence-corrected chi connectivity index (χ0v) is 11.7. The maximum atomic E-state index is 11.9. The predicted octanol–water partition coefficient (Wildman–Crippen LogP) is 1.13. The van der Waals surface area contributed by atoms with E-state index < -0.39 is 18.2 Å². The molecule has 0 saturated carbocycles. The van der Waals surface area contributed by atoms with E-state index in [0.29, 0.717) is 11.1 Å². The summed E-state index contributed by atoms with van der Waals surface area (Å²) in [6, 6.07) is 7.42. The van der Waals surface area contributed by atoms with Crippen LogP contribution < -0.4 is 0 Å². The van der Waals surface area contributed by atoms with Crippen LogP contribution in [0.2, 0.25) is 0 Å². The molecule has 0 heterocycles. The van der Waals surface area contributed by atoms with E-state index >= 15 is 0 Å². The van der Waals surface area contributed by atoms with Crippen molar-refractivity contribution in [3.63, 3.8) is 0 Å². The zero-order valence-electron chi connectivity index (χ0n) is 11.7. The highest BCUT2D eigenvalue weighted by Crippen LogP contribution is 2.18. The third-order valence-electron chi connectivity index (χ3n) is 2.87. The molecule has 112 valence electrons. The Bertz CT molecular complexity index is 532. The number of carbonyl (C=O) groups is 2. The molecule has 1 rings (SSSR count).